The van der Waals surface area contributed by atoms with Crippen molar-refractivity contribution in [2.75, 3.05) is 5.32 Å². The zero-order chi connectivity index (χ0) is 17.4. The number of fused-ring (bicyclic) bond motifs is 2. The first-order valence-electron chi connectivity index (χ1n) is 7.74. The Labute approximate surface area is 147 Å². The molecule has 4 aromatic heterocycles. The van der Waals surface area contributed by atoms with Crippen molar-refractivity contribution >= 4 is 45.8 Å². The maximum Gasteiger partial charge on any atom is 0.194 e. The molecule has 8 heteroatoms. The van der Waals surface area contributed by atoms with Crippen LogP contribution in [-0.4, -0.2) is 32.3 Å². The van der Waals surface area contributed by atoms with Gasteiger partial charge in [-0.3, -0.25) is 0 Å². The van der Waals surface area contributed by atoms with Gasteiger partial charge in [0.15, 0.2) is 17.2 Å². The molecular formula is C17H14ClN5O2. The summed E-state index contributed by atoms with van der Waals surface area (Å²) in [5, 5.41) is 4.58. The molecule has 4 rings (SSSR count). The van der Waals surface area contributed by atoms with Crippen LogP contribution in [0.2, 0.25) is 5.02 Å². The van der Waals surface area contributed by atoms with Gasteiger partial charge in [0.1, 0.15) is 17.5 Å². The molecular weight excluding hydrogens is 342 g/mol. The predicted octanol–water partition coefficient (Wildman–Crippen LogP) is 3.81. The Kier molecular flexibility index (Phi) is 3.85. The fourth-order valence-electron chi connectivity index (χ4n) is 2.68. The van der Waals surface area contributed by atoms with Gasteiger partial charge in [-0.05, 0) is 13.0 Å². The van der Waals surface area contributed by atoms with Crippen molar-refractivity contribution in [1.82, 2.24) is 19.9 Å². The van der Waals surface area contributed by atoms with E-state index in [0.29, 0.717) is 39.8 Å². The highest BCUT2D eigenvalue weighted by Gasteiger charge is 2.16. The Morgan fingerprint density at radius 1 is 1.44 bits per heavy atom. The Morgan fingerprint density at radius 3 is 3.16 bits per heavy atom. The number of furan rings is 1. The zero-order valence-corrected chi connectivity index (χ0v) is 14.0. The van der Waals surface area contributed by atoms with Gasteiger partial charge in [-0.2, -0.15) is 0 Å². The van der Waals surface area contributed by atoms with E-state index in [4.69, 9.17) is 16.0 Å². The van der Waals surface area contributed by atoms with Crippen LogP contribution in [0.3, 0.4) is 0 Å². The molecule has 1 atom stereocenters. The van der Waals surface area contributed by atoms with Gasteiger partial charge in [0.25, 0.3) is 0 Å². The van der Waals surface area contributed by atoms with E-state index in [1.165, 1.54) is 0 Å². The average Bonchev–Trinajstić information content (AvgIpc) is 3.21. The van der Waals surface area contributed by atoms with E-state index in [0.717, 1.165) is 17.2 Å². The lowest BCUT2D eigenvalue weighted by atomic mass is 10.2. The summed E-state index contributed by atoms with van der Waals surface area (Å²) < 4.78 is 5.49. The number of nitrogens with zero attached hydrogens (tertiary/aromatic N) is 3. The third kappa shape index (κ3) is 2.83. The van der Waals surface area contributed by atoms with E-state index >= 15 is 0 Å². The molecule has 0 aromatic carbocycles. The van der Waals surface area contributed by atoms with Gasteiger partial charge in [-0.1, -0.05) is 11.6 Å². The molecule has 4 heterocycles. The normalized spacial score (nSPS) is 12.6. The first kappa shape index (κ1) is 15.6. The lowest BCUT2D eigenvalue weighted by Gasteiger charge is -2.12. The summed E-state index contributed by atoms with van der Waals surface area (Å²) in [6.07, 6.45) is 6.18. The molecule has 0 radical (unpaired) electrons. The van der Waals surface area contributed by atoms with Gasteiger partial charge < -0.3 is 19.5 Å². The van der Waals surface area contributed by atoms with Gasteiger partial charge >= 0.3 is 0 Å². The van der Waals surface area contributed by atoms with E-state index in [-0.39, 0.29) is 6.04 Å². The Bertz CT molecular complexity index is 1070. The van der Waals surface area contributed by atoms with E-state index < -0.39 is 0 Å². The van der Waals surface area contributed by atoms with Crippen molar-refractivity contribution in [3.05, 3.63) is 35.8 Å². The number of hydrogen-bond donors (Lipinski definition) is 2. The fraction of sp³-hybridized carbons (Fsp3) is 0.176. The minimum atomic E-state index is -0.0763. The molecule has 0 saturated heterocycles. The van der Waals surface area contributed by atoms with E-state index in [9.17, 15) is 4.79 Å². The molecule has 7 nitrogen and oxygen atoms in total. The summed E-state index contributed by atoms with van der Waals surface area (Å²) >= 11 is 6.07. The summed E-state index contributed by atoms with van der Waals surface area (Å²) in [5.74, 6) is 1.06. The largest absolute Gasteiger partial charge is 0.459 e. The maximum atomic E-state index is 10.7. The highest BCUT2D eigenvalue weighted by molar-refractivity contribution is 6.31. The van der Waals surface area contributed by atoms with Gasteiger partial charge in [0.2, 0.25) is 0 Å². The minimum absolute atomic E-state index is 0.0763. The number of carbonyl (C=O) groups excluding carboxylic acids is 1. The average molecular weight is 356 g/mol. The maximum absolute atomic E-state index is 10.7. The van der Waals surface area contributed by atoms with E-state index in [2.05, 4.69) is 25.3 Å². The Morgan fingerprint density at radius 2 is 2.32 bits per heavy atom. The number of hydrogen-bond acceptors (Lipinski definition) is 6. The van der Waals surface area contributed by atoms with Crippen LogP contribution in [-0.2, 0) is 4.79 Å². The number of nitrogens with one attached hydrogen (secondary N) is 2. The monoisotopic (exact) mass is 355 g/mol. The molecule has 0 spiro atoms. The lowest BCUT2D eigenvalue weighted by Crippen LogP contribution is -2.16. The van der Waals surface area contributed by atoms with Crippen molar-refractivity contribution in [3.8, 4) is 11.4 Å². The molecule has 4 aromatic rings. The van der Waals surface area contributed by atoms with E-state index in [1.54, 1.807) is 24.7 Å². The standard InChI is InChI=1S/C17H14ClN5O2/c1-9(2-4-24)21-17-14-13(3-5-25-14)22-16(23-17)12-8-20-15-11(12)6-10(18)7-19-15/h3-9H,2H2,1H3,(H,19,20)(H,21,22,23). The molecule has 0 aliphatic rings. The number of carbonyl (C=O) groups is 1. The van der Waals surface area contributed by atoms with Gasteiger partial charge in [-0.25, -0.2) is 15.0 Å². The first-order valence-corrected chi connectivity index (χ1v) is 8.12. The molecule has 25 heavy (non-hydrogen) atoms. The van der Waals surface area contributed by atoms with Crippen LogP contribution >= 0.6 is 11.6 Å². The molecule has 0 amide bonds. The van der Waals surface area contributed by atoms with Crippen molar-refractivity contribution < 1.29 is 9.21 Å². The number of H-pyrrole nitrogens is 1. The summed E-state index contributed by atoms with van der Waals surface area (Å²) in [6, 6.07) is 3.52. The highest BCUT2D eigenvalue weighted by Crippen LogP contribution is 2.31. The number of aldehydes is 1. The fourth-order valence-corrected chi connectivity index (χ4v) is 2.84. The minimum Gasteiger partial charge on any atom is -0.459 e. The van der Waals surface area contributed by atoms with Gasteiger partial charge in [0, 0.05) is 41.9 Å². The van der Waals surface area contributed by atoms with Crippen molar-refractivity contribution in [3.63, 3.8) is 0 Å². The number of aromatic nitrogens is 4. The highest BCUT2D eigenvalue weighted by atomic mass is 35.5. The van der Waals surface area contributed by atoms with Crippen LogP contribution in [0.5, 0.6) is 0 Å². The molecule has 0 aliphatic carbocycles. The molecule has 0 aliphatic heterocycles. The van der Waals surface area contributed by atoms with Crippen LogP contribution in [0.25, 0.3) is 33.5 Å². The predicted molar refractivity (Wildman–Crippen MR) is 95.7 cm³/mol. The summed E-state index contributed by atoms with van der Waals surface area (Å²) in [4.78, 5) is 27.2. The second kappa shape index (κ2) is 6.18. The third-order valence-corrected chi connectivity index (χ3v) is 4.08. The van der Waals surface area contributed by atoms with Crippen LogP contribution in [0, 0.1) is 0 Å². The Balaban J connectivity index is 1.86. The molecule has 0 bridgehead atoms. The van der Waals surface area contributed by atoms with Crippen LogP contribution in [0.4, 0.5) is 5.82 Å². The topological polar surface area (TPSA) is 96.7 Å². The summed E-state index contributed by atoms with van der Waals surface area (Å²) in [6.45, 7) is 1.90. The van der Waals surface area contributed by atoms with Crippen LogP contribution < -0.4 is 5.32 Å². The lowest BCUT2D eigenvalue weighted by molar-refractivity contribution is -0.107. The van der Waals surface area contributed by atoms with Gasteiger partial charge in [-0.15, -0.1) is 0 Å². The summed E-state index contributed by atoms with van der Waals surface area (Å²) in [5.41, 5.74) is 2.73. The number of aromatic amines is 1. The quantitative estimate of drug-likeness (QED) is 0.528. The number of pyridine rings is 1. The smallest absolute Gasteiger partial charge is 0.194 e. The van der Waals surface area contributed by atoms with E-state index in [1.807, 2.05) is 13.0 Å². The zero-order valence-electron chi connectivity index (χ0n) is 13.3. The molecule has 126 valence electrons. The molecule has 0 fully saturated rings. The third-order valence-electron chi connectivity index (χ3n) is 3.88. The number of anilines is 1. The molecule has 1 unspecified atom stereocenters. The van der Waals surface area contributed by atoms with Gasteiger partial charge in [0.05, 0.1) is 11.3 Å². The first-order chi connectivity index (χ1) is 12.2. The number of rotatable bonds is 5. The SMILES string of the molecule is CC(CC=O)Nc1nc(-c2c[nH]c3ncc(Cl)cc23)nc2ccoc12. The second-order valence-corrected chi connectivity index (χ2v) is 6.17. The Hall–Kier alpha value is -2.93. The van der Waals surface area contributed by atoms with Crippen LogP contribution in [0.1, 0.15) is 13.3 Å². The molecule has 2 N–H and O–H groups in total. The van der Waals surface area contributed by atoms with Crippen molar-refractivity contribution in [2.45, 2.75) is 19.4 Å². The molecule has 0 saturated carbocycles. The van der Waals surface area contributed by atoms with Crippen LogP contribution in [0.15, 0.2) is 35.2 Å². The van der Waals surface area contributed by atoms with Crippen molar-refractivity contribution in [2.24, 2.45) is 0 Å². The van der Waals surface area contributed by atoms with Crippen molar-refractivity contribution in [1.29, 1.82) is 0 Å². The second-order valence-electron chi connectivity index (χ2n) is 5.73. The summed E-state index contributed by atoms with van der Waals surface area (Å²) in [7, 11) is 0. The number of halogens is 1.